The molecule has 0 bridgehead atoms. The van der Waals surface area contributed by atoms with Crippen LogP contribution in [0.4, 0.5) is 0 Å². The first kappa shape index (κ1) is 12.5. The summed E-state index contributed by atoms with van der Waals surface area (Å²) in [4.78, 5) is 7.30. The van der Waals surface area contributed by atoms with E-state index in [2.05, 4.69) is 39.6 Å². The molecular formula is C14H17IN2O2. The molecule has 3 aliphatic rings. The van der Waals surface area contributed by atoms with Gasteiger partial charge in [-0.25, -0.2) is 4.98 Å². The molecule has 0 saturated carbocycles. The summed E-state index contributed by atoms with van der Waals surface area (Å²) in [5.74, 6) is 0. The first-order chi connectivity index (χ1) is 9.27. The Balaban J connectivity index is 1.56. The second-order valence-corrected chi connectivity index (χ2v) is 6.76. The predicted octanol–water partition coefficient (Wildman–Crippen LogP) is 1.91. The van der Waals surface area contributed by atoms with Crippen molar-refractivity contribution >= 4 is 22.6 Å². The van der Waals surface area contributed by atoms with E-state index in [1.807, 2.05) is 0 Å². The van der Waals surface area contributed by atoms with E-state index in [1.165, 1.54) is 11.3 Å². The van der Waals surface area contributed by atoms with Gasteiger partial charge in [0.2, 0.25) is 0 Å². The van der Waals surface area contributed by atoms with E-state index < -0.39 is 0 Å². The van der Waals surface area contributed by atoms with Gasteiger partial charge in [-0.05, 0) is 41.5 Å². The van der Waals surface area contributed by atoms with Crippen molar-refractivity contribution in [3.63, 3.8) is 0 Å². The summed E-state index contributed by atoms with van der Waals surface area (Å²) in [5.41, 5.74) is 2.36. The normalized spacial score (nSPS) is 26.4. The Morgan fingerprint density at radius 3 is 2.74 bits per heavy atom. The minimum Gasteiger partial charge on any atom is -0.378 e. The molecule has 2 saturated heterocycles. The molecule has 19 heavy (non-hydrogen) atoms. The predicted molar refractivity (Wildman–Crippen MR) is 78.8 cm³/mol. The zero-order chi connectivity index (χ0) is 12.9. The van der Waals surface area contributed by atoms with Gasteiger partial charge in [0, 0.05) is 18.7 Å². The van der Waals surface area contributed by atoms with Crippen LogP contribution in [-0.2, 0) is 21.7 Å². The zero-order valence-corrected chi connectivity index (χ0v) is 12.9. The molecule has 0 unspecified atom stereocenters. The smallest absolute Gasteiger partial charge is 0.113 e. The lowest BCUT2D eigenvalue weighted by atomic mass is 9.86. The molecule has 1 aromatic heterocycles. The van der Waals surface area contributed by atoms with E-state index in [0.29, 0.717) is 6.04 Å². The second-order valence-electron chi connectivity index (χ2n) is 5.65. The molecule has 1 aromatic rings. The van der Waals surface area contributed by atoms with Crippen LogP contribution in [0.5, 0.6) is 0 Å². The molecule has 1 spiro atoms. The maximum Gasteiger partial charge on any atom is 0.113 e. The Hall–Kier alpha value is -0.240. The Labute approximate surface area is 126 Å². The summed E-state index contributed by atoms with van der Waals surface area (Å²) < 4.78 is 12.5. The quantitative estimate of drug-likeness (QED) is 0.557. The maximum absolute atomic E-state index is 6.16. The number of halogens is 1. The highest BCUT2D eigenvalue weighted by atomic mass is 127. The van der Waals surface area contributed by atoms with Gasteiger partial charge in [-0.1, -0.05) is 6.07 Å². The number of likely N-dealkylation sites (tertiary alicyclic amines) is 1. The van der Waals surface area contributed by atoms with Gasteiger partial charge >= 0.3 is 0 Å². The van der Waals surface area contributed by atoms with Crippen molar-refractivity contribution in [2.24, 2.45) is 0 Å². The lowest BCUT2D eigenvalue weighted by Gasteiger charge is -2.44. The summed E-state index contributed by atoms with van der Waals surface area (Å²) >= 11 is 2.29. The van der Waals surface area contributed by atoms with Gasteiger partial charge in [0.15, 0.2) is 0 Å². The monoisotopic (exact) mass is 372 g/mol. The lowest BCUT2D eigenvalue weighted by Crippen LogP contribution is -2.54. The summed E-state index contributed by atoms with van der Waals surface area (Å²) in [5, 5.41) is 0. The summed E-state index contributed by atoms with van der Waals surface area (Å²) in [7, 11) is 0. The van der Waals surface area contributed by atoms with Gasteiger partial charge < -0.3 is 9.47 Å². The zero-order valence-electron chi connectivity index (χ0n) is 10.8. The molecule has 4 heterocycles. The van der Waals surface area contributed by atoms with Crippen molar-refractivity contribution in [2.45, 2.75) is 31.1 Å². The van der Waals surface area contributed by atoms with Crippen LogP contribution in [0.15, 0.2) is 12.1 Å². The fraction of sp³-hybridized carbons (Fsp3) is 0.643. The van der Waals surface area contributed by atoms with Crippen LogP contribution in [-0.4, -0.2) is 42.2 Å². The minimum atomic E-state index is -0.113. The molecule has 0 amide bonds. The van der Waals surface area contributed by atoms with Crippen LogP contribution in [0.3, 0.4) is 0 Å². The van der Waals surface area contributed by atoms with Gasteiger partial charge in [-0.3, -0.25) is 4.90 Å². The fourth-order valence-corrected chi connectivity index (χ4v) is 3.75. The number of fused-ring (bicyclic) bond motifs is 2. The highest BCUT2D eigenvalue weighted by molar-refractivity contribution is 14.1. The molecule has 0 radical (unpaired) electrons. The topological polar surface area (TPSA) is 34.6 Å². The van der Waals surface area contributed by atoms with Crippen LogP contribution in [0.25, 0.3) is 0 Å². The van der Waals surface area contributed by atoms with Crippen molar-refractivity contribution in [1.82, 2.24) is 9.88 Å². The van der Waals surface area contributed by atoms with E-state index in [-0.39, 0.29) is 5.60 Å². The van der Waals surface area contributed by atoms with Gasteiger partial charge in [0.25, 0.3) is 0 Å². The van der Waals surface area contributed by atoms with E-state index in [1.54, 1.807) is 0 Å². The van der Waals surface area contributed by atoms with Crippen molar-refractivity contribution in [2.75, 3.05) is 26.3 Å². The van der Waals surface area contributed by atoms with E-state index >= 15 is 0 Å². The Morgan fingerprint density at radius 2 is 2.05 bits per heavy atom. The number of hydrogen-bond acceptors (Lipinski definition) is 4. The average Bonchev–Trinajstić information content (AvgIpc) is 2.69. The number of pyridine rings is 1. The molecule has 2 fully saturated rings. The fourth-order valence-electron chi connectivity index (χ4n) is 3.32. The van der Waals surface area contributed by atoms with Crippen molar-refractivity contribution in [3.05, 3.63) is 27.1 Å². The summed E-state index contributed by atoms with van der Waals surface area (Å²) in [6.45, 7) is 4.73. The number of hydrogen-bond donors (Lipinski definition) is 0. The largest absolute Gasteiger partial charge is 0.378 e. The SMILES string of the molecule is Ic1ccc2c(n1)C1(CCN(C3COC3)CC1)OC2. The van der Waals surface area contributed by atoms with Gasteiger partial charge in [-0.15, -0.1) is 0 Å². The number of aromatic nitrogens is 1. The molecule has 102 valence electrons. The van der Waals surface area contributed by atoms with Crippen LogP contribution >= 0.6 is 22.6 Å². The average molecular weight is 372 g/mol. The van der Waals surface area contributed by atoms with Crippen LogP contribution in [0.1, 0.15) is 24.1 Å². The summed E-state index contributed by atoms with van der Waals surface area (Å²) in [6, 6.07) is 4.88. The standard InChI is InChI=1S/C14H17IN2O2/c15-12-2-1-10-7-19-14(13(10)16-12)3-5-17(6-4-14)11-8-18-9-11/h1-2,11H,3-9H2. The number of ether oxygens (including phenoxy) is 2. The third kappa shape index (κ3) is 2.02. The summed E-state index contributed by atoms with van der Waals surface area (Å²) in [6.07, 6.45) is 2.12. The van der Waals surface area contributed by atoms with E-state index in [4.69, 9.17) is 14.5 Å². The number of piperidine rings is 1. The van der Waals surface area contributed by atoms with Crippen molar-refractivity contribution in [3.8, 4) is 0 Å². The van der Waals surface area contributed by atoms with E-state index in [0.717, 1.165) is 49.5 Å². The number of nitrogens with zero attached hydrogens (tertiary/aromatic N) is 2. The first-order valence-electron chi connectivity index (χ1n) is 6.88. The molecular weight excluding hydrogens is 355 g/mol. The molecule has 0 atom stereocenters. The molecule has 0 N–H and O–H groups in total. The molecule has 4 nitrogen and oxygen atoms in total. The van der Waals surface area contributed by atoms with Crippen molar-refractivity contribution in [1.29, 1.82) is 0 Å². The minimum absolute atomic E-state index is 0.113. The molecule has 4 rings (SSSR count). The molecule has 0 aliphatic carbocycles. The number of rotatable bonds is 1. The Morgan fingerprint density at radius 1 is 1.26 bits per heavy atom. The maximum atomic E-state index is 6.16. The molecule has 3 aliphatic heterocycles. The van der Waals surface area contributed by atoms with Gasteiger partial charge in [0.1, 0.15) is 9.30 Å². The molecule has 5 heteroatoms. The highest BCUT2D eigenvalue weighted by Gasteiger charge is 2.45. The van der Waals surface area contributed by atoms with E-state index in [9.17, 15) is 0 Å². The third-order valence-electron chi connectivity index (χ3n) is 4.62. The van der Waals surface area contributed by atoms with Gasteiger partial charge in [-0.2, -0.15) is 0 Å². The van der Waals surface area contributed by atoms with Crippen molar-refractivity contribution < 1.29 is 9.47 Å². The third-order valence-corrected chi connectivity index (χ3v) is 5.22. The first-order valence-corrected chi connectivity index (χ1v) is 7.96. The second kappa shape index (κ2) is 4.65. The van der Waals surface area contributed by atoms with Crippen LogP contribution < -0.4 is 0 Å². The highest BCUT2D eigenvalue weighted by Crippen LogP contribution is 2.43. The lowest BCUT2D eigenvalue weighted by molar-refractivity contribution is -0.120. The van der Waals surface area contributed by atoms with Crippen LogP contribution in [0.2, 0.25) is 0 Å². The molecule has 0 aromatic carbocycles. The van der Waals surface area contributed by atoms with Gasteiger partial charge in [0.05, 0.1) is 31.6 Å². The Kier molecular flexibility index (Phi) is 3.06. The Bertz CT molecular complexity index is 496. The van der Waals surface area contributed by atoms with Crippen LogP contribution in [0, 0.1) is 3.70 Å².